The van der Waals surface area contributed by atoms with Crippen molar-refractivity contribution in [1.82, 2.24) is 0 Å². The Morgan fingerprint density at radius 2 is 2.00 bits per heavy atom. The molecular weight excluding hydrogens is 235 g/mol. The highest BCUT2D eigenvalue weighted by Crippen LogP contribution is 2.32. The van der Waals surface area contributed by atoms with Gasteiger partial charge in [-0.2, -0.15) is 0 Å². The molecule has 0 saturated carbocycles. The third-order valence-electron chi connectivity index (χ3n) is 2.13. The lowest BCUT2D eigenvalue weighted by Gasteiger charge is -2.11. The van der Waals surface area contributed by atoms with Crippen molar-refractivity contribution < 1.29 is 9.52 Å². The summed E-state index contributed by atoms with van der Waals surface area (Å²) < 4.78 is 4.89. The summed E-state index contributed by atoms with van der Waals surface area (Å²) in [7, 11) is 0. The van der Waals surface area contributed by atoms with E-state index in [0.29, 0.717) is 21.2 Å². The van der Waals surface area contributed by atoms with Crippen molar-refractivity contribution >= 4 is 23.2 Å². The summed E-state index contributed by atoms with van der Waals surface area (Å²) in [6, 6.07) is 6.83. The molecule has 1 unspecified atom stereocenters. The van der Waals surface area contributed by atoms with Crippen LogP contribution in [0.4, 0.5) is 0 Å². The second-order valence-electron chi connectivity index (χ2n) is 3.10. The number of hydrogen-bond donors (Lipinski definition) is 1. The van der Waals surface area contributed by atoms with Gasteiger partial charge in [0.1, 0.15) is 6.10 Å². The summed E-state index contributed by atoms with van der Waals surface area (Å²) in [4.78, 5) is 0. The van der Waals surface area contributed by atoms with Crippen LogP contribution < -0.4 is 0 Å². The number of aliphatic hydroxyl groups is 1. The first kappa shape index (κ1) is 10.6. The minimum Gasteiger partial charge on any atom is -0.472 e. The number of hydrogen-bond acceptors (Lipinski definition) is 2. The van der Waals surface area contributed by atoms with Crippen LogP contribution in [-0.2, 0) is 0 Å². The van der Waals surface area contributed by atoms with Crippen LogP contribution in [0.5, 0.6) is 0 Å². The molecular formula is C11H8Cl2O2. The number of rotatable bonds is 2. The van der Waals surface area contributed by atoms with E-state index in [4.69, 9.17) is 27.6 Å². The largest absolute Gasteiger partial charge is 0.472 e. The quantitative estimate of drug-likeness (QED) is 0.872. The molecule has 2 nitrogen and oxygen atoms in total. The van der Waals surface area contributed by atoms with Gasteiger partial charge in [0.15, 0.2) is 0 Å². The molecule has 15 heavy (non-hydrogen) atoms. The van der Waals surface area contributed by atoms with Crippen LogP contribution in [0, 0.1) is 0 Å². The van der Waals surface area contributed by atoms with Crippen LogP contribution in [0.3, 0.4) is 0 Å². The van der Waals surface area contributed by atoms with E-state index in [1.807, 2.05) is 0 Å². The Labute approximate surface area is 97.0 Å². The van der Waals surface area contributed by atoms with Crippen LogP contribution in [0.2, 0.25) is 10.0 Å². The summed E-state index contributed by atoms with van der Waals surface area (Å²) >= 11 is 11.8. The van der Waals surface area contributed by atoms with E-state index < -0.39 is 6.10 Å². The summed E-state index contributed by atoms with van der Waals surface area (Å²) in [5, 5.41) is 10.8. The zero-order chi connectivity index (χ0) is 10.8. The van der Waals surface area contributed by atoms with E-state index in [1.54, 1.807) is 24.3 Å². The first-order valence-electron chi connectivity index (χ1n) is 4.34. The van der Waals surface area contributed by atoms with Crippen molar-refractivity contribution in [2.75, 3.05) is 0 Å². The number of halogens is 2. The van der Waals surface area contributed by atoms with Gasteiger partial charge >= 0.3 is 0 Å². The van der Waals surface area contributed by atoms with Gasteiger partial charge in [0.2, 0.25) is 0 Å². The summed E-state index contributed by atoms with van der Waals surface area (Å²) in [6.07, 6.45) is 2.16. The fraction of sp³-hybridized carbons (Fsp3) is 0.0909. The van der Waals surface area contributed by atoms with Crippen LogP contribution in [0.15, 0.2) is 41.2 Å². The van der Waals surface area contributed by atoms with Gasteiger partial charge in [-0.05, 0) is 12.1 Å². The van der Waals surface area contributed by atoms with Crippen LogP contribution in [-0.4, -0.2) is 5.11 Å². The molecule has 0 aliphatic carbocycles. The zero-order valence-electron chi connectivity index (χ0n) is 7.65. The van der Waals surface area contributed by atoms with Crippen LogP contribution in [0.25, 0.3) is 0 Å². The molecule has 78 valence electrons. The first-order chi connectivity index (χ1) is 7.20. The Kier molecular flexibility index (Phi) is 3.00. The Morgan fingerprint density at radius 1 is 1.20 bits per heavy atom. The molecule has 0 amide bonds. The Hall–Kier alpha value is -0.960. The Balaban J connectivity index is 2.42. The van der Waals surface area contributed by atoms with E-state index in [2.05, 4.69) is 0 Å². The van der Waals surface area contributed by atoms with E-state index in [-0.39, 0.29) is 0 Å². The monoisotopic (exact) mass is 242 g/mol. The lowest BCUT2D eigenvalue weighted by atomic mass is 10.0. The lowest BCUT2D eigenvalue weighted by molar-refractivity contribution is 0.219. The number of benzene rings is 1. The van der Waals surface area contributed by atoms with Crippen LogP contribution in [0.1, 0.15) is 17.2 Å². The van der Waals surface area contributed by atoms with Gasteiger partial charge in [-0.3, -0.25) is 0 Å². The molecule has 0 aliphatic rings. The normalized spacial score (nSPS) is 12.7. The highest BCUT2D eigenvalue weighted by atomic mass is 35.5. The second-order valence-corrected chi connectivity index (χ2v) is 3.89. The van der Waals surface area contributed by atoms with Gasteiger partial charge in [-0.15, -0.1) is 0 Å². The minimum absolute atomic E-state index is 0.368. The van der Waals surface area contributed by atoms with Gasteiger partial charge in [-0.25, -0.2) is 0 Å². The maximum atomic E-state index is 9.98. The van der Waals surface area contributed by atoms with Gasteiger partial charge < -0.3 is 9.52 Å². The smallest absolute Gasteiger partial charge is 0.109 e. The molecule has 4 heteroatoms. The van der Waals surface area contributed by atoms with Gasteiger partial charge in [-0.1, -0.05) is 35.3 Å². The maximum absolute atomic E-state index is 9.98. The Morgan fingerprint density at radius 3 is 2.67 bits per heavy atom. The molecule has 1 aromatic heterocycles. The third-order valence-corrected chi connectivity index (χ3v) is 2.97. The summed E-state index contributed by atoms with van der Waals surface area (Å²) in [5.74, 6) is 0. The Bertz CT molecular complexity index is 452. The van der Waals surface area contributed by atoms with Crippen molar-refractivity contribution in [2.24, 2.45) is 0 Å². The van der Waals surface area contributed by atoms with Crippen molar-refractivity contribution in [3.8, 4) is 0 Å². The molecule has 0 radical (unpaired) electrons. The van der Waals surface area contributed by atoms with E-state index in [0.717, 1.165) is 0 Å². The molecule has 0 aliphatic heterocycles. The highest BCUT2D eigenvalue weighted by molar-refractivity contribution is 6.42. The van der Waals surface area contributed by atoms with Gasteiger partial charge in [0.25, 0.3) is 0 Å². The van der Waals surface area contributed by atoms with E-state index >= 15 is 0 Å². The van der Waals surface area contributed by atoms with Crippen molar-refractivity contribution in [1.29, 1.82) is 0 Å². The summed E-state index contributed by atoms with van der Waals surface area (Å²) in [5.41, 5.74) is 1.23. The second kappa shape index (κ2) is 4.27. The molecule has 2 aromatic rings. The molecule has 0 bridgehead atoms. The topological polar surface area (TPSA) is 33.4 Å². The van der Waals surface area contributed by atoms with Crippen molar-refractivity contribution in [3.63, 3.8) is 0 Å². The molecule has 1 atom stereocenters. The SMILES string of the molecule is OC(c1ccoc1)c1cccc(Cl)c1Cl. The van der Waals surface area contributed by atoms with Gasteiger partial charge in [0.05, 0.1) is 22.6 Å². The third kappa shape index (κ3) is 2.02. The standard InChI is InChI=1S/C11H8Cl2O2/c12-9-3-1-2-8(10(9)13)11(14)7-4-5-15-6-7/h1-6,11,14H. The molecule has 2 rings (SSSR count). The number of furan rings is 1. The minimum atomic E-state index is -0.810. The average Bonchev–Trinajstić information content (AvgIpc) is 2.74. The van der Waals surface area contributed by atoms with Gasteiger partial charge in [0, 0.05) is 11.1 Å². The van der Waals surface area contributed by atoms with Crippen LogP contribution >= 0.6 is 23.2 Å². The predicted molar refractivity (Wildman–Crippen MR) is 59.2 cm³/mol. The molecule has 1 heterocycles. The number of aliphatic hydroxyl groups excluding tert-OH is 1. The highest BCUT2D eigenvalue weighted by Gasteiger charge is 2.16. The fourth-order valence-electron chi connectivity index (χ4n) is 1.34. The molecule has 1 N–H and O–H groups in total. The molecule has 0 saturated heterocycles. The average molecular weight is 243 g/mol. The van der Waals surface area contributed by atoms with Crippen molar-refractivity contribution in [2.45, 2.75) is 6.10 Å². The zero-order valence-corrected chi connectivity index (χ0v) is 9.16. The summed E-state index contributed by atoms with van der Waals surface area (Å²) in [6.45, 7) is 0. The van der Waals surface area contributed by atoms with E-state index in [9.17, 15) is 5.11 Å². The molecule has 1 aromatic carbocycles. The maximum Gasteiger partial charge on any atom is 0.109 e. The first-order valence-corrected chi connectivity index (χ1v) is 5.10. The van der Waals surface area contributed by atoms with Crippen molar-refractivity contribution in [3.05, 3.63) is 58.0 Å². The lowest BCUT2D eigenvalue weighted by Crippen LogP contribution is -1.98. The fourth-order valence-corrected chi connectivity index (χ4v) is 1.75. The molecule has 0 fully saturated rings. The molecule has 0 spiro atoms. The predicted octanol–water partition coefficient (Wildman–Crippen LogP) is 3.67. The van der Waals surface area contributed by atoms with E-state index in [1.165, 1.54) is 12.5 Å².